The molecule has 1 heterocycles. The van der Waals surface area contributed by atoms with E-state index in [1.54, 1.807) is 5.56 Å². The monoisotopic (exact) mass is 565 g/mol. The van der Waals surface area contributed by atoms with Crippen molar-refractivity contribution in [2.75, 3.05) is 6.61 Å². The minimum absolute atomic E-state index is 0.0277. The lowest BCUT2D eigenvalue weighted by Gasteiger charge is -2.72. The topological polar surface area (TPSA) is 42.1 Å². The molecule has 9 atom stereocenters. The molecule has 0 radical (unpaired) electrons. The average Bonchev–Trinajstić information content (AvgIpc) is 3.52. The normalized spacial score (nSPS) is 43.2. The largest absolute Gasteiger partial charge is 0.452 e. The summed E-state index contributed by atoms with van der Waals surface area (Å²) in [5, 5.41) is 1.43. The SMILES string of the molecule is C#CCOC(=O)[C@]12CC[C@@H](C(=C)C)[C@@H]1[C@H]1CC[C@@H]3[C@@]4(C)Cc5c([nH]c6ccccc56)C(C)(C)[C@@H]4CC[C@@]3(C)[C@]1(C)CC2. The first-order valence-electron chi connectivity index (χ1n) is 16.7. The van der Waals surface area contributed by atoms with E-state index in [-0.39, 0.29) is 34.2 Å². The quantitative estimate of drug-likeness (QED) is 0.229. The number of carbonyl (C=O) groups is 1. The summed E-state index contributed by atoms with van der Waals surface area (Å²) < 4.78 is 5.77. The molecule has 5 aliphatic carbocycles. The Labute approximate surface area is 253 Å². The van der Waals surface area contributed by atoms with Gasteiger partial charge in [-0.1, -0.05) is 70.9 Å². The van der Waals surface area contributed by atoms with E-state index in [1.807, 2.05) is 0 Å². The van der Waals surface area contributed by atoms with Crippen LogP contribution in [0.2, 0.25) is 0 Å². The third-order valence-corrected chi connectivity index (χ3v) is 14.9. The molecular weight excluding hydrogens is 514 g/mol. The van der Waals surface area contributed by atoms with Crippen molar-refractivity contribution in [3.05, 3.63) is 47.7 Å². The van der Waals surface area contributed by atoms with Crippen LogP contribution in [0.3, 0.4) is 0 Å². The molecule has 4 fully saturated rings. The minimum Gasteiger partial charge on any atom is -0.452 e. The van der Waals surface area contributed by atoms with Gasteiger partial charge in [0, 0.05) is 22.0 Å². The molecule has 1 aromatic carbocycles. The summed E-state index contributed by atoms with van der Waals surface area (Å²) in [4.78, 5) is 17.7. The van der Waals surface area contributed by atoms with E-state index in [0.717, 1.165) is 25.7 Å². The van der Waals surface area contributed by atoms with Gasteiger partial charge in [-0.15, -0.1) is 6.42 Å². The Bertz CT molecular complexity index is 1510. The minimum atomic E-state index is -0.402. The van der Waals surface area contributed by atoms with Crippen LogP contribution in [-0.2, 0) is 21.4 Å². The number of ether oxygens (including phenoxy) is 1. The van der Waals surface area contributed by atoms with E-state index in [4.69, 9.17) is 11.2 Å². The van der Waals surface area contributed by atoms with Crippen LogP contribution in [0.1, 0.15) is 104 Å². The molecule has 224 valence electrons. The Morgan fingerprint density at radius 1 is 1.00 bits per heavy atom. The van der Waals surface area contributed by atoms with Gasteiger partial charge in [0.2, 0.25) is 0 Å². The number of aromatic nitrogens is 1. The highest BCUT2D eigenvalue weighted by Crippen LogP contribution is 2.77. The molecule has 4 saturated carbocycles. The maximum Gasteiger partial charge on any atom is 0.313 e. The van der Waals surface area contributed by atoms with E-state index in [2.05, 4.69) is 83.3 Å². The molecule has 3 heteroatoms. The number of H-pyrrole nitrogens is 1. The van der Waals surface area contributed by atoms with Crippen molar-refractivity contribution >= 4 is 16.9 Å². The number of rotatable bonds is 3. The first-order chi connectivity index (χ1) is 19.8. The molecule has 1 N–H and O–H groups in total. The number of hydrogen-bond donors (Lipinski definition) is 1. The third kappa shape index (κ3) is 3.34. The molecule has 2 aromatic rings. The molecule has 1 aromatic heterocycles. The van der Waals surface area contributed by atoms with Gasteiger partial charge in [0.25, 0.3) is 0 Å². The molecule has 3 nitrogen and oxygen atoms in total. The van der Waals surface area contributed by atoms with Crippen molar-refractivity contribution in [3.63, 3.8) is 0 Å². The summed E-state index contributed by atoms with van der Waals surface area (Å²) in [6, 6.07) is 8.96. The van der Waals surface area contributed by atoms with Gasteiger partial charge in [-0.25, -0.2) is 0 Å². The summed E-state index contributed by atoms with van der Waals surface area (Å²) >= 11 is 0. The van der Waals surface area contributed by atoms with Crippen LogP contribution in [0.5, 0.6) is 0 Å². The predicted molar refractivity (Wildman–Crippen MR) is 171 cm³/mol. The van der Waals surface area contributed by atoms with Gasteiger partial charge in [-0.05, 0) is 122 Å². The van der Waals surface area contributed by atoms with Crippen molar-refractivity contribution in [3.8, 4) is 12.3 Å². The number of esters is 1. The fourth-order valence-corrected chi connectivity index (χ4v) is 13.0. The average molecular weight is 566 g/mol. The van der Waals surface area contributed by atoms with Crippen LogP contribution in [0.25, 0.3) is 10.9 Å². The second-order valence-corrected chi connectivity index (χ2v) is 16.5. The lowest BCUT2D eigenvalue weighted by atomic mass is 9.32. The lowest BCUT2D eigenvalue weighted by molar-refractivity contribution is -0.228. The fraction of sp³-hybridized carbons (Fsp3) is 0.667. The molecule has 0 saturated heterocycles. The van der Waals surface area contributed by atoms with Crippen molar-refractivity contribution < 1.29 is 9.53 Å². The summed E-state index contributed by atoms with van der Waals surface area (Å²) in [7, 11) is 0. The summed E-state index contributed by atoms with van der Waals surface area (Å²) in [6.07, 6.45) is 15.7. The number of nitrogens with one attached hydrogen (secondary N) is 1. The number of para-hydroxylation sites is 1. The molecule has 5 aliphatic rings. The Kier molecular flexibility index (Phi) is 6.09. The molecule has 0 amide bonds. The zero-order chi connectivity index (χ0) is 29.9. The second-order valence-electron chi connectivity index (χ2n) is 16.5. The number of allylic oxidation sites excluding steroid dienone is 1. The van der Waals surface area contributed by atoms with Crippen LogP contribution in [0, 0.1) is 63.6 Å². The molecule has 42 heavy (non-hydrogen) atoms. The molecular formula is C39H51NO2. The lowest BCUT2D eigenvalue weighted by Crippen LogP contribution is -2.67. The highest BCUT2D eigenvalue weighted by Gasteiger charge is 2.72. The number of hydrogen-bond acceptors (Lipinski definition) is 2. The highest BCUT2D eigenvalue weighted by atomic mass is 16.5. The van der Waals surface area contributed by atoms with Gasteiger partial charge in [-0.3, -0.25) is 4.79 Å². The van der Waals surface area contributed by atoms with Gasteiger partial charge < -0.3 is 9.72 Å². The predicted octanol–water partition coefficient (Wildman–Crippen LogP) is 9.02. The maximum atomic E-state index is 13.8. The first-order valence-corrected chi connectivity index (χ1v) is 16.7. The third-order valence-electron chi connectivity index (χ3n) is 14.9. The van der Waals surface area contributed by atoms with E-state index in [9.17, 15) is 4.79 Å². The fourth-order valence-electron chi connectivity index (χ4n) is 13.0. The first kappa shape index (κ1) is 28.3. The Hall–Kier alpha value is -2.47. The number of carbonyl (C=O) groups excluding carboxylic acids is 1. The van der Waals surface area contributed by atoms with Crippen LogP contribution in [0.15, 0.2) is 36.4 Å². The Balaban J connectivity index is 1.31. The number of aromatic amines is 1. The highest BCUT2D eigenvalue weighted by molar-refractivity contribution is 5.85. The van der Waals surface area contributed by atoms with Crippen molar-refractivity contribution in [1.29, 1.82) is 0 Å². The summed E-state index contributed by atoms with van der Waals surface area (Å²) in [5.74, 6) is 5.05. The zero-order valence-corrected chi connectivity index (χ0v) is 26.9. The van der Waals surface area contributed by atoms with Crippen molar-refractivity contribution in [2.24, 2.45) is 51.2 Å². The van der Waals surface area contributed by atoms with Crippen LogP contribution in [-0.4, -0.2) is 17.6 Å². The van der Waals surface area contributed by atoms with Crippen LogP contribution in [0.4, 0.5) is 0 Å². The number of terminal acetylenes is 1. The number of fused-ring (bicyclic) bond motifs is 10. The maximum absolute atomic E-state index is 13.8. The summed E-state index contributed by atoms with van der Waals surface area (Å²) in [5.41, 5.74) is 5.97. The van der Waals surface area contributed by atoms with Crippen molar-refractivity contribution in [1.82, 2.24) is 4.98 Å². The molecule has 0 unspecified atom stereocenters. The Morgan fingerprint density at radius 3 is 2.50 bits per heavy atom. The van der Waals surface area contributed by atoms with Gasteiger partial charge >= 0.3 is 5.97 Å². The van der Waals surface area contributed by atoms with Gasteiger partial charge in [0.15, 0.2) is 6.61 Å². The summed E-state index contributed by atoms with van der Waals surface area (Å²) in [6.45, 7) is 19.8. The standard InChI is InChI=1S/C39H51NO2/c1-9-22-42-34(41)39-19-16-25(24(2)3)32(39)28-14-15-31-36(6)23-27-26-12-10-11-13-29(26)40-33(27)35(4,5)30(36)17-18-38(31,8)37(28,7)20-21-39/h1,10-13,25,28,30-32,40H,2,14-23H2,3-8H3/t25-,28+,30-,31+,32+,36-,37+,38+,39-/m0/s1. The molecule has 0 aliphatic heterocycles. The van der Waals surface area contributed by atoms with Gasteiger partial charge in [-0.2, -0.15) is 0 Å². The van der Waals surface area contributed by atoms with E-state index in [1.165, 1.54) is 54.3 Å². The second kappa shape index (κ2) is 9.03. The molecule has 7 rings (SSSR count). The van der Waals surface area contributed by atoms with Crippen LogP contribution < -0.4 is 0 Å². The van der Waals surface area contributed by atoms with E-state index < -0.39 is 5.41 Å². The van der Waals surface area contributed by atoms with Gasteiger partial charge in [0.1, 0.15) is 0 Å². The van der Waals surface area contributed by atoms with Gasteiger partial charge in [0.05, 0.1) is 5.41 Å². The van der Waals surface area contributed by atoms with Crippen molar-refractivity contribution in [2.45, 2.75) is 105 Å². The number of benzene rings is 1. The van der Waals surface area contributed by atoms with E-state index >= 15 is 0 Å². The molecule has 0 spiro atoms. The van der Waals surface area contributed by atoms with E-state index in [0.29, 0.717) is 29.6 Å². The molecule has 0 bridgehead atoms. The Morgan fingerprint density at radius 2 is 1.76 bits per heavy atom. The smallest absolute Gasteiger partial charge is 0.313 e. The van der Waals surface area contributed by atoms with Crippen LogP contribution >= 0.6 is 0 Å². The zero-order valence-electron chi connectivity index (χ0n) is 26.9.